The first-order chi connectivity index (χ1) is 9.28. The lowest BCUT2D eigenvalue weighted by Crippen LogP contribution is -2.25. The van der Waals surface area contributed by atoms with E-state index >= 15 is 0 Å². The van der Waals surface area contributed by atoms with Crippen LogP contribution in [0.5, 0.6) is 0 Å². The molecular formula is C15H18N2O2. The van der Waals surface area contributed by atoms with E-state index in [1.807, 2.05) is 24.3 Å². The highest BCUT2D eigenvalue weighted by Crippen LogP contribution is 2.18. The van der Waals surface area contributed by atoms with E-state index in [0.29, 0.717) is 23.4 Å². The third-order valence-electron chi connectivity index (χ3n) is 3.85. The zero-order chi connectivity index (χ0) is 13.2. The van der Waals surface area contributed by atoms with Crippen LogP contribution in [0.2, 0.25) is 0 Å². The summed E-state index contributed by atoms with van der Waals surface area (Å²) in [7, 11) is 0. The Kier molecular flexibility index (Phi) is 3.36. The van der Waals surface area contributed by atoms with E-state index in [2.05, 4.69) is 4.90 Å². The Bertz CT molecular complexity index is 635. The second-order valence-corrected chi connectivity index (χ2v) is 5.21. The Morgan fingerprint density at radius 2 is 2.21 bits per heavy atom. The largest absolute Gasteiger partial charge is 0.464 e. The van der Waals surface area contributed by atoms with Gasteiger partial charge in [-0.15, -0.1) is 0 Å². The zero-order valence-corrected chi connectivity index (χ0v) is 10.8. The summed E-state index contributed by atoms with van der Waals surface area (Å²) in [4.78, 5) is 14.6. The van der Waals surface area contributed by atoms with Crippen LogP contribution in [-0.2, 0) is 6.54 Å². The minimum Gasteiger partial charge on any atom is -0.464 e. The van der Waals surface area contributed by atoms with Crippen LogP contribution in [0.1, 0.15) is 12.0 Å². The van der Waals surface area contributed by atoms with E-state index in [1.54, 1.807) is 6.26 Å². The molecule has 0 amide bonds. The number of benzene rings is 1. The van der Waals surface area contributed by atoms with Crippen LogP contribution < -0.4 is 11.2 Å². The predicted molar refractivity (Wildman–Crippen MR) is 74.9 cm³/mol. The third kappa shape index (κ3) is 2.41. The smallest absolute Gasteiger partial charge is 0.197 e. The van der Waals surface area contributed by atoms with Gasteiger partial charge in [-0.05, 0) is 37.6 Å². The molecule has 1 saturated heterocycles. The van der Waals surface area contributed by atoms with E-state index in [-0.39, 0.29) is 5.43 Å². The van der Waals surface area contributed by atoms with Gasteiger partial charge < -0.3 is 10.2 Å². The van der Waals surface area contributed by atoms with Gasteiger partial charge >= 0.3 is 0 Å². The first kappa shape index (κ1) is 12.4. The summed E-state index contributed by atoms with van der Waals surface area (Å²) in [5.41, 5.74) is 7.15. The van der Waals surface area contributed by atoms with Gasteiger partial charge in [-0.1, -0.05) is 12.1 Å². The molecule has 0 saturated carbocycles. The summed E-state index contributed by atoms with van der Waals surface area (Å²) in [6, 6.07) is 7.37. The van der Waals surface area contributed by atoms with Crippen molar-refractivity contribution in [3.05, 3.63) is 46.3 Å². The van der Waals surface area contributed by atoms with Gasteiger partial charge in [0.25, 0.3) is 0 Å². The molecule has 19 heavy (non-hydrogen) atoms. The molecule has 100 valence electrons. The maximum Gasteiger partial charge on any atom is 0.197 e. The highest BCUT2D eigenvalue weighted by molar-refractivity contribution is 5.76. The number of hydrogen-bond acceptors (Lipinski definition) is 4. The van der Waals surface area contributed by atoms with Crippen LogP contribution in [0, 0.1) is 5.92 Å². The van der Waals surface area contributed by atoms with Crippen LogP contribution in [0.15, 0.2) is 39.7 Å². The van der Waals surface area contributed by atoms with Gasteiger partial charge in [0.1, 0.15) is 5.58 Å². The molecule has 1 aliphatic rings. The Hall–Kier alpha value is -1.65. The van der Waals surface area contributed by atoms with Crippen molar-refractivity contribution in [1.82, 2.24) is 4.90 Å². The number of para-hydroxylation sites is 1. The summed E-state index contributed by atoms with van der Waals surface area (Å²) >= 11 is 0. The second-order valence-electron chi connectivity index (χ2n) is 5.21. The highest BCUT2D eigenvalue weighted by Gasteiger charge is 2.22. The molecule has 4 heteroatoms. The first-order valence-corrected chi connectivity index (χ1v) is 6.70. The van der Waals surface area contributed by atoms with E-state index in [9.17, 15) is 4.79 Å². The number of fused-ring (bicyclic) bond motifs is 1. The molecule has 1 fully saturated rings. The molecule has 2 N–H and O–H groups in total. The quantitative estimate of drug-likeness (QED) is 0.908. The van der Waals surface area contributed by atoms with Crippen molar-refractivity contribution in [3.8, 4) is 0 Å². The Morgan fingerprint density at radius 3 is 3.00 bits per heavy atom. The predicted octanol–water partition coefficient (Wildman–Crippen LogP) is 1.57. The normalized spacial score (nSPS) is 20.2. The fourth-order valence-electron chi connectivity index (χ4n) is 2.72. The van der Waals surface area contributed by atoms with Crippen molar-refractivity contribution < 1.29 is 4.42 Å². The van der Waals surface area contributed by atoms with Crippen LogP contribution in [0.4, 0.5) is 0 Å². The molecule has 0 spiro atoms. The van der Waals surface area contributed by atoms with Crippen molar-refractivity contribution in [2.45, 2.75) is 13.0 Å². The summed E-state index contributed by atoms with van der Waals surface area (Å²) in [6.07, 6.45) is 2.72. The molecule has 0 bridgehead atoms. The van der Waals surface area contributed by atoms with Crippen LogP contribution in [-0.4, -0.2) is 24.5 Å². The minimum atomic E-state index is 0.0815. The van der Waals surface area contributed by atoms with Gasteiger partial charge in [-0.3, -0.25) is 9.69 Å². The maximum atomic E-state index is 12.4. The average molecular weight is 258 g/mol. The van der Waals surface area contributed by atoms with Crippen LogP contribution in [0.25, 0.3) is 11.0 Å². The van der Waals surface area contributed by atoms with Gasteiger partial charge in [0.2, 0.25) is 0 Å². The van der Waals surface area contributed by atoms with Gasteiger partial charge in [-0.2, -0.15) is 0 Å². The van der Waals surface area contributed by atoms with E-state index < -0.39 is 0 Å². The Labute approximate surface area is 111 Å². The van der Waals surface area contributed by atoms with Crippen molar-refractivity contribution in [1.29, 1.82) is 0 Å². The third-order valence-corrected chi connectivity index (χ3v) is 3.85. The lowest BCUT2D eigenvalue weighted by Gasteiger charge is -2.15. The summed E-state index contributed by atoms with van der Waals surface area (Å²) in [5.74, 6) is 0.562. The number of rotatable bonds is 3. The molecule has 2 heterocycles. The van der Waals surface area contributed by atoms with Gasteiger partial charge in [-0.25, -0.2) is 0 Å². The van der Waals surface area contributed by atoms with Crippen molar-refractivity contribution in [2.24, 2.45) is 11.7 Å². The molecule has 1 aliphatic heterocycles. The summed E-state index contributed by atoms with van der Waals surface area (Å²) in [6.45, 7) is 3.36. The number of nitrogens with two attached hydrogens (primary N) is 1. The molecule has 3 rings (SSSR count). The highest BCUT2D eigenvalue weighted by atomic mass is 16.3. The molecule has 1 atom stereocenters. The standard InChI is InChI=1S/C15H18N2O2/c16-7-11-5-6-17(8-11)9-12-10-19-14-4-2-1-3-13(14)15(12)18/h1-4,10-11H,5-9,16H2/t11-/m0/s1. The second kappa shape index (κ2) is 5.15. The maximum absolute atomic E-state index is 12.4. The summed E-state index contributed by atoms with van der Waals surface area (Å²) < 4.78 is 5.54. The molecule has 0 radical (unpaired) electrons. The van der Waals surface area contributed by atoms with Crippen molar-refractivity contribution >= 4 is 11.0 Å². The Morgan fingerprint density at radius 1 is 1.37 bits per heavy atom. The number of likely N-dealkylation sites (tertiary alicyclic amines) is 1. The molecule has 0 unspecified atom stereocenters. The topological polar surface area (TPSA) is 59.5 Å². The monoisotopic (exact) mass is 258 g/mol. The fourth-order valence-corrected chi connectivity index (χ4v) is 2.72. The van der Waals surface area contributed by atoms with Crippen molar-refractivity contribution in [3.63, 3.8) is 0 Å². The van der Waals surface area contributed by atoms with Gasteiger partial charge in [0.15, 0.2) is 5.43 Å². The number of hydrogen-bond donors (Lipinski definition) is 1. The zero-order valence-electron chi connectivity index (χ0n) is 10.8. The molecule has 2 aromatic rings. The van der Waals surface area contributed by atoms with Gasteiger partial charge in [0, 0.05) is 18.7 Å². The Balaban J connectivity index is 1.86. The number of nitrogens with zero attached hydrogens (tertiary/aromatic N) is 1. The SMILES string of the molecule is NC[C@@H]1CCN(Cc2coc3ccccc3c2=O)C1. The average Bonchev–Trinajstić information content (AvgIpc) is 2.90. The lowest BCUT2D eigenvalue weighted by atomic mass is 10.1. The van der Waals surface area contributed by atoms with Crippen LogP contribution >= 0.6 is 0 Å². The molecular weight excluding hydrogens is 240 g/mol. The van der Waals surface area contributed by atoms with Crippen molar-refractivity contribution in [2.75, 3.05) is 19.6 Å². The fraction of sp³-hybridized carbons (Fsp3) is 0.400. The molecule has 4 nitrogen and oxygen atoms in total. The minimum absolute atomic E-state index is 0.0815. The van der Waals surface area contributed by atoms with Gasteiger partial charge in [0.05, 0.1) is 11.6 Å². The molecule has 1 aromatic carbocycles. The lowest BCUT2D eigenvalue weighted by molar-refractivity contribution is 0.314. The van der Waals surface area contributed by atoms with E-state index in [4.69, 9.17) is 10.2 Å². The van der Waals surface area contributed by atoms with Crippen LogP contribution in [0.3, 0.4) is 0 Å². The molecule has 1 aromatic heterocycles. The first-order valence-electron chi connectivity index (χ1n) is 6.70. The van der Waals surface area contributed by atoms with E-state index in [1.165, 1.54) is 0 Å². The van der Waals surface area contributed by atoms with E-state index in [0.717, 1.165) is 31.6 Å². The molecule has 0 aliphatic carbocycles. The summed E-state index contributed by atoms with van der Waals surface area (Å²) in [5, 5.41) is 0.662.